The Morgan fingerprint density at radius 2 is 2.06 bits per heavy atom. The Hall–Kier alpha value is -0.640. The highest BCUT2D eigenvalue weighted by Crippen LogP contribution is 2.22. The number of anilines is 1. The molecule has 0 aliphatic carbocycles. The molecule has 3 nitrogen and oxygen atoms in total. The van der Waals surface area contributed by atoms with E-state index in [1.165, 1.54) is 5.75 Å². The Labute approximate surface area is 109 Å². The van der Waals surface area contributed by atoms with Crippen LogP contribution in [-0.2, 0) is 12.8 Å². The Morgan fingerprint density at radius 1 is 1.35 bits per heavy atom. The van der Waals surface area contributed by atoms with Crippen LogP contribution in [-0.4, -0.2) is 21.6 Å². The lowest BCUT2D eigenvalue weighted by molar-refractivity contribution is 0.571. The van der Waals surface area contributed by atoms with Crippen LogP contribution in [0.15, 0.2) is 0 Å². The molecular formula is C13H25N3S. The van der Waals surface area contributed by atoms with Crippen molar-refractivity contribution in [2.24, 2.45) is 0 Å². The number of aryl methyl sites for hydroxylation is 2. The van der Waals surface area contributed by atoms with Crippen molar-refractivity contribution in [2.75, 3.05) is 17.7 Å². The van der Waals surface area contributed by atoms with Gasteiger partial charge in [0.15, 0.2) is 0 Å². The number of nitrogen functional groups attached to an aromatic ring is 1. The van der Waals surface area contributed by atoms with E-state index in [1.807, 2.05) is 11.8 Å². The zero-order chi connectivity index (χ0) is 12.8. The number of nitrogens with zero attached hydrogens (tertiary/aromatic N) is 2. The van der Waals surface area contributed by atoms with E-state index in [9.17, 15) is 0 Å². The van der Waals surface area contributed by atoms with E-state index < -0.39 is 0 Å². The van der Waals surface area contributed by atoms with Gasteiger partial charge in [0.25, 0.3) is 0 Å². The van der Waals surface area contributed by atoms with Gasteiger partial charge in [0.05, 0.1) is 5.69 Å². The summed E-state index contributed by atoms with van der Waals surface area (Å²) in [5.74, 6) is 3.21. The largest absolute Gasteiger partial charge is 0.384 e. The molecule has 0 unspecified atom stereocenters. The second-order valence-electron chi connectivity index (χ2n) is 4.67. The molecule has 1 rings (SSSR count). The Kier molecular flexibility index (Phi) is 5.89. The van der Waals surface area contributed by atoms with Crippen LogP contribution in [0.1, 0.15) is 51.2 Å². The average Bonchev–Trinajstić information content (AvgIpc) is 2.56. The molecule has 1 aromatic heterocycles. The summed E-state index contributed by atoms with van der Waals surface area (Å²) >= 11 is 1.88. The Balaban J connectivity index is 2.87. The first-order valence-corrected chi connectivity index (χ1v) is 7.85. The van der Waals surface area contributed by atoms with Gasteiger partial charge in [-0.2, -0.15) is 11.8 Å². The Bertz CT molecular complexity index is 345. The molecule has 0 saturated carbocycles. The standard InChI is InChI=1S/C13H25N3S/c1-5-7-12-15-11(8-6-9-17-4)13(14)16(12)10(2)3/h10H,5-9,14H2,1-4H3. The summed E-state index contributed by atoms with van der Waals surface area (Å²) in [6.45, 7) is 6.52. The Morgan fingerprint density at radius 3 is 2.59 bits per heavy atom. The molecular weight excluding hydrogens is 230 g/mol. The lowest BCUT2D eigenvalue weighted by Gasteiger charge is -2.13. The predicted octanol–water partition coefficient (Wildman–Crippen LogP) is 3.29. The monoisotopic (exact) mass is 255 g/mol. The lowest BCUT2D eigenvalue weighted by atomic mass is 10.2. The van der Waals surface area contributed by atoms with E-state index in [0.29, 0.717) is 6.04 Å². The van der Waals surface area contributed by atoms with Gasteiger partial charge in [-0.05, 0) is 45.1 Å². The summed E-state index contributed by atoms with van der Waals surface area (Å²) in [4.78, 5) is 4.72. The van der Waals surface area contributed by atoms with E-state index >= 15 is 0 Å². The molecule has 0 bridgehead atoms. The van der Waals surface area contributed by atoms with Crippen molar-refractivity contribution >= 4 is 17.6 Å². The SMILES string of the molecule is CCCc1nc(CCCSC)c(N)n1C(C)C. The zero-order valence-corrected chi connectivity index (χ0v) is 12.3. The third-order valence-corrected chi connectivity index (χ3v) is 3.55. The van der Waals surface area contributed by atoms with Crippen molar-refractivity contribution in [3.63, 3.8) is 0 Å². The molecule has 0 fully saturated rings. The van der Waals surface area contributed by atoms with Crippen molar-refractivity contribution in [3.05, 3.63) is 11.5 Å². The van der Waals surface area contributed by atoms with Gasteiger partial charge in [0, 0.05) is 12.5 Å². The van der Waals surface area contributed by atoms with Crippen molar-refractivity contribution < 1.29 is 0 Å². The average molecular weight is 255 g/mol. The number of imidazole rings is 1. The molecule has 0 saturated heterocycles. The molecule has 0 aliphatic heterocycles. The molecule has 4 heteroatoms. The van der Waals surface area contributed by atoms with Crippen LogP contribution in [0.2, 0.25) is 0 Å². The van der Waals surface area contributed by atoms with E-state index in [4.69, 9.17) is 10.7 Å². The molecule has 0 atom stereocenters. The highest BCUT2D eigenvalue weighted by molar-refractivity contribution is 7.98. The fourth-order valence-corrected chi connectivity index (χ4v) is 2.52. The second-order valence-corrected chi connectivity index (χ2v) is 5.66. The molecule has 1 heterocycles. The van der Waals surface area contributed by atoms with Crippen LogP contribution in [0.4, 0.5) is 5.82 Å². The molecule has 98 valence electrons. The predicted molar refractivity (Wildman–Crippen MR) is 77.7 cm³/mol. The van der Waals surface area contributed by atoms with Crippen LogP contribution in [0.5, 0.6) is 0 Å². The third kappa shape index (κ3) is 3.66. The van der Waals surface area contributed by atoms with Crippen molar-refractivity contribution in [1.29, 1.82) is 0 Å². The molecule has 0 amide bonds. The molecule has 1 aromatic rings. The summed E-state index contributed by atoms with van der Waals surface area (Å²) in [5.41, 5.74) is 7.30. The maximum Gasteiger partial charge on any atom is 0.127 e. The lowest BCUT2D eigenvalue weighted by Crippen LogP contribution is -2.09. The van der Waals surface area contributed by atoms with Crippen LogP contribution in [0.25, 0.3) is 0 Å². The smallest absolute Gasteiger partial charge is 0.127 e. The first-order valence-electron chi connectivity index (χ1n) is 6.46. The van der Waals surface area contributed by atoms with Crippen molar-refractivity contribution in [1.82, 2.24) is 9.55 Å². The van der Waals surface area contributed by atoms with Crippen LogP contribution in [0.3, 0.4) is 0 Å². The minimum absolute atomic E-state index is 0.401. The fourth-order valence-electron chi connectivity index (χ4n) is 2.09. The molecule has 2 N–H and O–H groups in total. The first-order chi connectivity index (χ1) is 8.11. The van der Waals surface area contributed by atoms with E-state index in [1.54, 1.807) is 0 Å². The molecule has 17 heavy (non-hydrogen) atoms. The molecule has 0 aliphatic rings. The van der Waals surface area contributed by atoms with E-state index in [0.717, 1.165) is 43.0 Å². The van der Waals surface area contributed by atoms with Crippen LogP contribution in [0, 0.1) is 0 Å². The summed E-state index contributed by atoms with van der Waals surface area (Å²) in [7, 11) is 0. The number of rotatable bonds is 7. The maximum atomic E-state index is 6.21. The van der Waals surface area contributed by atoms with Crippen molar-refractivity contribution in [2.45, 2.75) is 52.5 Å². The van der Waals surface area contributed by atoms with Gasteiger partial charge < -0.3 is 10.3 Å². The normalized spacial score (nSPS) is 11.4. The van der Waals surface area contributed by atoms with Crippen LogP contribution >= 0.6 is 11.8 Å². The van der Waals surface area contributed by atoms with Gasteiger partial charge in [-0.15, -0.1) is 0 Å². The minimum atomic E-state index is 0.401. The highest BCUT2D eigenvalue weighted by atomic mass is 32.2. The van der Waals surface area contributed by atoms with Gasteiger partial charge in [0.1, 0.15) is 11.6 Å². The number of thioether (sulfide) groups is 1. The van der Waals surface area contributed by atoms with E-state index in [-0.39, 0.29) is 0 Å². The van der Waals surface area contributed by atoms with Gasteiger partial charge in [0.2, 0.25) is 0 Å². The second kappa shape index (κ2) is 6.94. The van der Waals surface area contributed by atoms with E-state index in [2.05, 4.69) is 31.6 Å². The zero-order valence-electron chi connectivity index (χ0n) is 11.5. The minimum Gasteiger partial charge on any atom is -0.384 e. The number of aromatic nitrogens is 2. The molecule has 0 spiro atoms. The fraction of sp³-hybridized carbons (Fsp3) is 0.769. The van der Waals surface area contributed by atoms with Crippen LogP contribution < -0.4 is 5.73 Å². The molecule has 0 aromatic carbocycles. The number of hydrogen-bond acceptors (Lipinski definition) is 3. The summed E-state index contributed by atoms with van der Waals surface area (Å²) in [6, 6.07) is 0.401. The first kappa shape index (κ1) is 14.4. The third-order valence-electron chi connectivity index (χ3n) is 2.85. The van der Waals surface area contributed by atoms with Gasteiger partial charge in [-0.25, -0.2) is 4.98 Å². The topological polar surface area (TPSA) is 43.8 Å². The van der Waals surface area contributed by atoms with Gasteiger partial charge in [-0.3, -0.25) is 0 Å². The van der Waals surface area contributed by atoms with Crippen molar-refractivity contribution in [3.8, 4) is 0 Å². The van der Waals surface area contributed by atoms with Gasteiger partial charge >= 0.3 is 0 Å². The summed E-state index contributed by atoms with van der Waals surface area (Å²) in [6.07, 6.45) is 6.44. The number of hydrogen-bond donors (Lipinski definition) is 1. The van der Waals surface area contributed by atoms with Gasteiger partial charge in [-0.1, -0.05) is 6.92 Å². The number of nitrogens with two attached hydrogens (primary N) is 1. The molecule has 0 radical (unpaired) electrons. The highest BCUT2D eigenvalue weighted by Gasteiger charge is 2.15. The summed E-state index contributed by atoms with van der Waals surface area (Å²) < 4.78 is 2.19. The maximum absolute atomic E-state index is 6.21. The summed E-state index contributed by atoms with van der Waals surface area (Å²) in [5, 5.41) is 0. The quantitative estimate of drug-likeness (QED) is 0.760.